The molecule has 3 rings (SSSR count). The highest BCUT2D eigenvalue weighted by atomic mass is 16.7. The van der Waals surface area contributed by atoms with Crippen LogP contribution in [-0.4, -0.2) is 48.3 Å². The molecule has 1 amide bonds. The second-order valence-electron chi connectivity index (χ2n) is 5.54. The lowest BCUT2D eigenvalue weighted by Gasteiger charge is -2.33. The number of carbonyl (C=O) groups excluding carboxylic acids is 1. The normalized spacial score (nSPS) is 20.3. The molecule has 1 aromatic rings. The first-order valence-electron chi connectivity index (χ1n) is 7.42. The number of likely N-dealkylation sites (tertiary alicyclic amines) is 1. The van der Waals surface area contributed by atoms with E-state index in [9.17, 15) is 14.9 Å². The highest BCUT2D eigenvalue weighted by molar-refractivity contribution is 5.94. The SMILES string of the molecule is O=C(c1ccc([N+](=O)[O-])cc1)N1CCC(C2OCCO2)CC1. The maximum Gasteiger partial charge on any atom is 0.269 e. The van der Waals surface area contributed by atoms with Gasteiger partial charge >= 0.3 is 0 Å². The molecule has 1 aromatic carbocycles. The standard InChI is InChI=1S/C15H18N2O5/c18-14(11-1-3-13(4-2-11)17(19)20)16-7-5-12(6-8-16)15-21-9-10-22-15/h1-4,12,15H,5-10H2. The summed E-state index contributed by atoms with van der Waals surface area (Å²) in [6, 6.07) is 5.74. The summed E-state index contributed by atoms with van der Waals surface area (Å²) in [6.07, 6.45) is 1.57. The average molecular weight is 306 g/mol. The van der Waals surface area contributed by atoms with Gasteiger partial charge in [-0.15, -0.1) is 0 Å². The number of benzene rings is 1. The molecule has 2 aliphatic heterocycles. The molecular formula is C15H18N2O5. The summed E-state index contributed by atoms with van der Waals surface area (Å²) in [5.74, 6) is 0.255. The summed E-state index contributed by atoms with van der Waals surface area (Å²) in [4.78, 5) is 24.3. The smallest absolute Gasteiger partial charge is 0.269 e. The van der Waals surface area contributed by atoms with Crippen molar-refractivity contribution in [1.29, 1.82) is 0 Å². The Morgan fingerprint density at radius 1 is 1.14 bits per heavy atom. The Morgan fingerprint density at radius 2 is 1.73 bits per heavy atom. The van der Waals surface area contributed by atoms with Crippen LogP contribution in [0.4, 0.5) is 5.69 Å². The second-order valence-corrected chi connectivity index (χ2v) is 5.54. The van der Waals surface area contributed by atoms with Crippen molar-refractivity contribution in [3.8, 4) is 0 Å². The number of amides is 1. The molecule has 2 heterocycles. The van der Waals surface area contributed by atoms with Gasteiger partial charge in [-0.25, -0.2) is 0 Å². The lowest BCUT2D eigenvalue weighted by Crippen LogP contribution is -2.41. The van der Waals surface area contributed by atoms with Gasteiger partial charge in [0.15, 0.2) is 6.29 Å². The summed E-state index contributed by atoms with van der Waals surface area (Å²) in [7, 11) is 0. The van der Waals surface area contributed by atoms with E-state index < -0.39 is 4.92 Å². The third kappa shape index (κ3) is 3.10. The number of hydrogen-bond donors (Lipinski definition) is 0. The minimum absolute atomic E-state index is 0.00853. The number of carbonyl (C=O) groups is 1. The summed E-state index contributed by atoms with van der Waals surface area (Å²) >= 11 is 0. The van der Waals surface area contributed by atoms with E-state index in [4.69, 9.17) is 9.47 Å². The van der Waals surface area contributed by atoms with Gasteiger partial charge in [0.2, 0.25) is 0 Å². The molecule has 0 aromatic heterocycles. The fourth-order valence-corrected chi connectivity index (χ4v) is 2.93. The quantitative estimate of drug-likeness (QED) is 0.628. The monoisotopic (exact) mass is 306 g/mol. The first-order valence-corrected chi connectivity index (χ1v) is 7.42. The molecule has 0 radical (unpaired) electrons. The molecule has 118 valence electrons. The molecule has 22 heavy (non-hydrogen) atoms. The van der Waals surface area contributed by atoms with E-state index in [1.807, 2.05) is 0 Å². The molecule has 7 nitrogen and oxygen atoms in total. The molecule has 0 unspecified atom stereocenters. The van der Waals surface area contributed by atoms with Gasteiger partial charge in [-0.3, -0.25) is 14.9 Å². The van der Waals surface area contributed by atoms with Crippen LogP contribution in [0.3, 0.4) is 0 Å². The number of nitro benzene ring substituents is 1. The topological polar surface area (TPSA) is 81.9 Å². The van der Waals surface area contributed by atoms with Gasteiger partial charge in [0.05, 0.1) is 18.1 Å². The van der Waals surface area contributed by atoms with Gasteiger partial charge in [0, 0.05) is 36.7 Å². The van der Waals surface area contributed by atoms with Gasteiger partial charge in [-0.2, -0.15) is 0 Å². The van der Waals surface area contributed by atoms with Gasteiger partial charge in [-0.05, 0) is 25.0 Å². The van der Waals surface area contributed by atoms with Crippen molar-refractivity contribution >= 4 is 11.6 Å². The molecular weight excluding hydrogens is 288 g/mol. The minimum atomic E-state index is -0.471. The second kappa shape index (κ2) is 6.41. The van der Waals surface area contributed by atoms with Crippen LogP contribution in [0.25, 0.3) is 0 Å². The van der Waals surface area contributed by atoms with Crippen LogP contribution >= 0.6 is 0 Å². The van der Waals surface area contributed by atoms with Crippen LogP contribution in [0, 0.1) is 16.0 Å². The number of nitro groups is 1. The van der Waals surface area contributed by atoms with Crippen molar-refractivity contribution in [1.82, 2.24) is 4.90 Å². The van der Waals surface area contributed by atoms with E-state index in [0.717, 1.165) is 12.8 Å². The van der Waals surface area contributed by atoms with Crippen LogP contribution in [0.5, 0.6) is 0 Å². The fraction of sp³-hybridized carbons (Fsp3) is 0.533. The van der Waals surface area contributed by atoms with Crippen molar-refractivity contribution in [3.63, 3.8) is 0 Å². The van der Waals surface area contributed by atoms with Crippen LogP contribution in [-0.2, 0) is 9.47 Å². The zero-order chi connectivity index (χ0) is 15.5. The Morgan fingerprint density at radius 3 is 2.27 bits per heavy atom. The fourth-order valence-electron chi connectivity index (χ4n) is 2.93. The molecule has 2 fully saturated rings. The maximum atomic E-state index is 12.4. The molecule has 2 saturated heterocycles. The van der Waals surface area contributed by atoms with Crippen LogP contribution in [0.15, 0.2) is 24.3 Å². The largest absolute Gasteiger partial charge is 0.350 e. The molecule has 2 aliphatic rings. The Balaban J connectivity index is 1.58. The number of rotatable bonds is 3. The van der Waals surface area contributed by atoms with Crippen molar-refractivity contribution < 1.29 is 19.2 Å². The Hall–Kier alpha value is -1.99. The van der Waals surface area contributed by atoms with Crippen LogP contribution in [0.1, 0.15) is 23.2 Å². The number of hydrogen-bond acceptors (Lipinski definition) is 5. The first-order chi connectivity index (χ1) is 10.6. The van der Waals surface area contributed by atoms with Gasteiger partial charge in [0.1, 0.15) is 0 Å². The van der Waals surface area contributed by atoms with Crippen LogP contribution in [0.2, 0.25) is 0 Å². The van der Waals surface area contributed by atoms with E-state index in [-0.39, 0.29) is 17.9 Å². The Bertz CT molecular complexity index is 546. The lowest BCUT2D eigenvalue weighted by molar-refractivity contribution is -0.384. The highest BCUT2D eigenvalue weighted by Gasteiger charge is 2.32. The van der Waals surface area contributed by atoms with Gasteiger partial charge in [0.25, 0.3) is 11.6 Å². The zero-order valence-electron chi connectivity index (χ0n) is 12.1. The summed E-state index contributed by atoms with van der Waals surface area (Å²) in [5.41, 5.74) is 0.475. The van der Waals surface area contributed by atoms with E-state index in [0.29, 0.717) is 37.8 Å². The Kier molecular flexibility index (Phi) is 4.35. The molecule has 0 N–H and O–H groups in total. The molecule has 0 saturated carbocycles. The summed E-state index contributed by atoms with van der Waals surface area (Å²) < 4.78 is 11.0. The predicted molar refractivity (Wildman–Crippen MR) is 77.4 cm³/mol. The minimum Gasteiger partial charge on any atom is -0.350 e. The maximum absolute atomic E-state index is 12.4. The zero-order valence-corrected chi connectivity index (χ0v) is 12.1. The van der Waals surface area contributed by atoms with E-state index in [1.54, 1.807) is 4.90 Å². The third-order valence-electron chi connectivity index (χ3n) is 4.18. The molecule has 0 bridgehead atoms. The summed E-state index contributed by atoms with van der Waals surface area (Å²) in [6.45, 7) is 2.60. The summed E-state index contributed by atoms with van der Waals surface area (Å²) in [5, 5.41) is 10.6. The number of ether oxygens (including phenoxy) is 2. The molecule has 7 heteroatoms. The predicted octanol–water partition coefficient (Wildman–Crippen LogP) is 1.82. The molecule has 0 atom stereocenters. The molecule has 0 spiro atoms. The lowest BCUT2D eigenvalue weighted by atomic mass is 9.95. The average Bonchev–Trinajstić information content (AvgIpc) is 3.09. The number of piperidine rings is 1. The third-order valence-corrected chi connectivity index (χ3v) is 4.18. The van der Waals surface area contributed by atoms with E-state index >= 15 is 0 Å². The van der Waals surface area contributed by atoms with Crippen molar-refractivity contribution in [2.24, 2.45) is 5.92 Å². The first kappa shape index (κ1) is 14.9. The number of non-ortho nitro benzene ring substituents is 1. The number of nitrogens with zero attached hydrogens (tertiary/aromatic N) is 2. The van der Waals surface area contributed by atoms with Crippen LogP contribution < -0.4 is 0 Å². The Labute approximate surface area is 128 Å². The highest BCUT2D eigenvalue weighted by Crippen LogP contribution is 2.26. The van der Waals surface area contributed by atoms with Crippen molar-refractivity contribution in [2.45, 2.75) is 19.1 Å². The van der Waals surface area contributed by atoms with E-state index in [1.165, 1.54) is 24.3 Å². The van der Waals surface area contributed by atoms with Gasteiger partial charge in [-0.1, -0.05) is 0 Å². The van der Waals surface area contributed by atoms with Crippen molar-refractivity contribution in [2.75, 3.05) is 26.3 Å². The van der Waals surface area contributed by atoms with Gasteiger partial charge < -0.3 is 14.4 Å². The van der Waals surface area contributed by atoms with Crippen molar-refractivity contribution in [3.05, 3.63) is 39.9 Å². The molecule has 0 aliphatic carbocycles. The van der Waals surface area contributed by atoms with E-state index in [2.05, 4.69) is 0 Å².